The first kappa shape index (κ1) is 20.2. The number of carbonyl (C=O) groups is 1. The molecule has 1 aromatic heterocycles. The molecule has 0 fully saturated rings. The quantitative estimate of drug-likeness (QED) is 0.414. The van der Waals surface area contributed by atoms with Crippen LogP contribution in [0.2, 0.25) is 0 Å². The van der Waals surface area contributed by atoms with Gasteiger partial charge in [-0.2, -0.15) is 0 Å². The number of hydrogen-bond acceptors (Lipinski definition) is 3. The summed E-state index contributed by atoms with van der Waals surface area (Å²) < 4.78 is 8.74. The summed E-state index contributed by atoms with van der Waals surface area (Å²) in [5.41, 5.74) is 3.10. The van der Waals surface area contributed by atoms with E-state index in [0.717, 1.165) is 26.9 Å². The standard InChI is InChI=1S/C24H22BrN3O2/c1-17(26-23(29)16-30-20-10-3-2-4-11-20)24-27-21-12-5-6-13-22(21)28(24)15-18-8-7-9-19(25)14-18/h2-14,17H,15-16H2,1H3,(H,26,29). The minimum Gasteiger partial charge on any atom is -0.484 e. The summed E-state index contributed by atoms with van der Waals surface area (Å²) in [7, 11) is 0. The number of ether oxygens (including phenoxy) is 1. The van der Waals surface area contributed by atoms with E-state index in [9.17, 15) is 4.79 Å². The van der Waals surface area contributed by atoms with Gasteiger partial charge in [-0.15, -0.1) is 0 Å². The van der Waals surface area contributed by atoms with E-state index in [4.69, 9.17) is 9.72 Å². The van der Waals surface area contributed by atoms with Crippen LogP contribution in [0.15, 0.2) is 83.3 Å². The van der Waals surface area contributed by atoms with Gasteiger partial charge in [0.2, 0.25) is 0 Å². The van der Waals surface area contributed by atoms with Crippen molar-refractivity contribution in [3.8, 4) is 5.75 Å². The zero-order valence-corrected chi connectivity index (χ0v) is 18.2. The Morgan fingerprint density at radius 2 is 1.83 bits per heavy atom. The zero-order valence-electron chi connectivity index (χ0n) is 16.6. The SMILES string of the molecule is CC(NC(=O)COc1ccccc1)c1nc2ccccc2n1Cc1cccc(Br)c1. The minimum absolute atomic E-state index is 0.0415. The van der Waals surface area contributed by atoms with Gasteiger partial charge in [0.15, 0.2) is 6.61 Å². The van der Waals surface area contributed by atoms with E-state index in [1.165, 1.54) is 0 Å². The average Bonchev–Trinajstić information content (AvgIpc) is 3.12. The maximum absolute atomic E-state index is 12.5. The van der Waals surface area contributed by atoms with E-state index in [1.807, 2.05) is 67.6 Å². The summed E-state index contributed by atoms with van der Waals surface area (Å²) in [5, 5.41) is 3.01. The van der Waals surface area contributed by atoms with Crippen LogP contribution in [0.4, 0.5) is 0 Å². The Balaban J connectivity index is 1.54. The van der Waals surface area contributed by atoms with E-state index >= 15 is 0 Å². The van der Waals surface area contributed by atoms with Crippen LogP contribution in [0, 0.1) is 0 Å². The lowest BCUT2D eigenvalue weighted by atomic mass is 10.2. The molecule has 3 aromatic carbocycles. The fraction of sp³-hybridized carbons (Fsp3) is 0.167. The number of rotatable bonds is 7. The molecule has 0 radical (unpaired) electrons. The first-order chi connectivity index (χ1) is 14.6. The molecule has 0 aliphatic heterocycles. The zero-order chi connectivity index (χ0) is 20.9. The fourth-order valence-corrected chi connectivity index (χ4v) is 3.87. The van der Waals surface area contributed by atoms with E-state index in [2.05, 4.69) is 44.0 Å². The summed E-state index contributed by atoms with van der Waals surface area (Å²) in [4.78, 5) is 17.2. The van der Waals surface area contributed by atoms with Gasteiger partial charge in [0.25, 0.3) is 5.91 Å². The van der Waals surface area contributed by atoms with Crippen molar-refractivity contribution in [3.63, 3.8) is 0 Å². The molecule has 30 heavy (non-hydrogen) atoms. The molecule has 152 valence electrons. The van der Waals surface area contributed by atoms with Crippen molar-refractivity contribution in [1.82, 2.24) is 14.9 Å². The molecule has 4 aromatic rings. The monoisotopic (exact) mass is 463 g/mol. The van der Waals surface area contributed by atoms with Gasteiger partial charge in [-0.3, -0.25) is 4.79 Å². The van der Waals surface area contributed by atoms with Gasteiger partial charge in [0.1, 0.15) is 11.6 Å². The third kappa shape index (κ3) is 4.71. The molecule has 0 bridgehead atoms. The van der Waals surface area contributed by atoms with Gasteiger partial charge < -0.3 is 14.6 Å². The Bertz CT molecular complexity index is 1160. The largest absolute Gasteiger partial charge is 0.484 e. The molecule has 0 aliphatic rings. The van der Waals surface area contributed by atoms with E-state index in [1.54, 1.807) is 0 Å². The highest BCUT2D eigenvalue weighted by molar-refractivity contribution is 9.10. The number of hydrogen-bond donors (Lipinski definition) is 1. The van der Waals surface area contributed by atoms with Crippen LogP contribution >= 0.6 is 15.9 Å². The van der Waals surface area contributed by atoms with Gasteiger partial charge in [0.05, 0.1) is 17.1 Å². The smallest absolute Gasteiger partial charge is 0.258 e. The predicted molar refractivity (Wildman–Crippen MR) is 121 cm³/mol. The van der Waals surface area contributed by atoms with Crippen LogP contribution in [0.3, 0.4) is 0 Å². The predicted octanol–water partition coefficient (Wildman–Crippen LogP) is 5.10. The molecule has 0 aliphatic carbocycles. The second-order valence-corrected chi connectivity index (χ2v) is 7.98. The number of halogens is 1. The van der Waals surface area contributed by atoms with Crippen LogP contribution in [0.1, 0.15) is 24.4 Å². The molecule has 1 N–H and O–H groups in total. The van der Waals surface area contributed by atoms with Crippen LogP contribution in [0.5, 0.6) is 5.75 Å². The third-order valence-electron chi connectivity index (χ3n) is 4.79. The number of para-hydroxylation sites is 3. The highest BCUT2D eigenvalue weighted by Gasteiger charge is 2.19. The third-order valence-corrected chi connectivity index (χ3v) is 5.28. The highest BCUT2D eigenvalue weighted by atomic mass is 79.9. The van der Waals surface area contributed by atoms with Crippen molar-refractivity contribution >= 4 is 32.9 Å². The molecular formula is C24H22BrN3O2. The van der Waals surface area contributed by atoms with Crippen LogP contribution in [-0.4, -0.2) is 22.1 Å². The van der Waals surface area contributed by atoms with Gasteiger partial charge in [-0.1, -0.05) is 58.4 Å². The van der Waals surface area contributed by atoms with Crippen molar-refractivity contribution < 1.29 is 9.53 Å². The lowest BCUT2D eigenvalue weighted by molar-refractivity contribution is -0.123. The maximum atomic E-state index is 12.5. The summed E-state index contributed by atoms with van der Waals surface area (Å²) in [6.45, 7) is 2.56. The number of aromatic nitrogens is 2. The van der Waals surface area contributed by atoms with Crippen molar-refractivity contribution in [2.24, 2.45) is 0 Å². The fourth-order valence-electron chi connectivity index (χ4n) is 3.42. The molecule has 6 heteroatoms. The number of carbonyl (C=O) groups excluding carboxylic acids is 1. The first-order valence-electron chi connectivity index (χ1n) is 9.77. The Hall–Kier alpha value is -3.12. The molecule has 1 amide bonds. The average molecular weight is 464 g/mol. The van der Waals surface area contributed by atoms with Crippen molar-refractivity contribution in [2.75, 3.05) is 6.61 Å². The van der Waals surface area contributed by atoms with E-state index < -0.39 is 0 Å². The van der Waals surface area contributed by atoms with Crippen LogP contribution in [-0.2, 0) is 11.3 Å². The Kier molecular flexibility index (Phi) is 6.14. The number of nitrogens with zero attached hydrogens (tertiary/aromatic N) is 2. The molecule has 1 heterocycles. The first-order valence-corrected chi connectivity index (χ1v) is 10.6. The normalized spacial score (nSPS) is 11.9. The van der Waals surface area contributed by atoms with Gasteiger partial charge >= 0.3 is 0 Å². The number of nitrogens with one attached hydrogen (secondary N) is 1. The van der Waals surface area contributed by atoms with Gasteiger partial charge in [0, 0.05) is 11.0 Å². The Morgan fingerprint density at radius 3 is 2.63 bits per heavy atom. The maximum Gasteiger partial charge on any atom is 0.258 e. The molecule has 5 nitrogen and oxygen atoms in total. The van der Waals surface area contributed by atoms with E-state index in [-0.39, 0.29) is 18.6 Å². The minimum atomic E-state index is -0.267. The molecule has 0 saturated heterocycles. The Labute approximate surface area is 183 Å². The van der Waals surface area contributed by atoms with Crippen molar-refractivity contribution in [2.45, 2.75) is 19.5 Å². The second kappa shape index (κ2) is 9.13. The summed E-state index contributed by atoms with van der Waals surface area (Å²) in [5.74, 6) is 1.29. The summed E-state index contributed by atoms with van der Waals surface area (Å²) in [6, 6.07) is 25.3. The molecule has 1 atom stereocenters. The summed E-state index contributed by atoms with van der Waals surface area (Å²) in [6.07, 6.45) is 0. The lowest BCUT2D eigenvalue weighted by Crippen LogP contribution is -2.32. The second-order valence-electron chi connectivity index (χ2n) is 7.07. The molecule has 4 rings (SSSR count). The topological polar surface area (TPSA) is 56.1 Å². The van der Waals surface area contributed by atoms with Crippen LogP contribution in [0.25, 0.3) is 11.0 Å². The number of imidazole rings is 1. The van der Waals surface area contributed by atoms with Crippen LogP contribution < -0.4 is 10.1 Å². The number of fused-ring (bicyclic) bond motifs is 1. The summed E-state index contributed by atoms with van der Waals surface area (Å²) >= 11 is 3.54. The Morgan fingerprint density at radius 1 is 1.07 bits per heavy atom. The molecule has 0 saturated carbocycles. The molecule has 1 unspecified atom stereocenters. The molecular weight excluding hydrogens is 442 g/mol. The number of benzene rings is 3. The van der Waals surface area contributed by atoms with Gasteiger partial charge in [-0.05, 0) is 48.9 Å². The van der Waals surface area contributed by atoms with Crippen molar-refractivity contribution in [3.05, 3.63) is 94.7 Å². The van der Waals surface area contributed by atoms with Gasteiger partial charge in [-0.25, -0.2) is 4.98 Å². The molecule has 0 spiro atoms. The number of amides is 1. The lowest BCUT2D eigenvalue weighted by Gasteiger charge is -2.17. The highest BCUT2D eigenvalue weighted by Crippen LogP contribution is 2.23. The van der Waals surface area contributed by atoms with E-state index in [0.29, 0.717) is 12.3 Å². The van der Waals surface area contributed by atoms with Crippen molar-refractivity contribution in [1.29, 1.82) is 0 Å².